The highest BCUT2D eigenvalue weighted by atomic mass is 16.2. The van der Waals surface area contributed by atoms with Crippen LogP contribution in [-0.4, -0.2) is 29.3 Å². The van der Waals surface area contributed by atoms with E-state index >= 15 is 0 Å². The molecule has 112 valence electrons. The molecular formula is C16H26N2O2. The minimum absolute atomic E-state index is 0.000338. The summed E-state index contributed by atoms with van der Waals surface area (Å²) in [6.45, 7) is 0.954. The summed E-state index contributed by atoms with van der Waals surface area (Å²) < 4.78 is 0. The van der Waals surface area contributed by atoms with Crippen molar-refractivity contribution < 1.29 is 9.59 Å². The summed E-state index contributed by atoms with van der Waals surface area (Å²) in [6, 6.07) is 0.519. The second-order valence-corrected chi connectivity index (χ2v) is 6.88. The predicted octanol–water partition coefficient (Wildman–Crippen LogP) is 2.07. The number of rotatable bonds is 2. The number of nitrogens with zero attached hydrogens (tertiary/aromatic N) is 1. The fraction of sp³-hybridized carbons (Fsp3) is 0.875. The van der Waals surface area contributed by atoms with Crippen LogP contribution in [0, 0.1) is 17.8 Å². The minimum Gasteiger partial charge on any atom is -0.369 e. The Labute approximate surface area is 121 Å². The van der Waals surface area contributed by atoms with E-state index in [0.29, 0.717) is 11.9 Å². The summed E-state index contributed by atoms with van der Waals surface area (Å²) in [6.07, 6.45) is 9.57. The highest BCUT2D eigenvalue weighted by molar-refractivity contribution is 5.81. The fourth-order valence-corrected chi connectivity index (χ4v) is 4.59. The first-order valence-corrected chi connectivity index (χ1v) is 8.26. The van der Waals surface area contributed by atoms with Crippen molar-refractivity contribution in [1.82, 2.24) is 4.90 Å². The zero-order valence-electron chi connectivity index (χ0n) is 12.2. The molecule has 3 rings (SSSR count). The molecule has 3 aliphatic rings. The third-order valence-electron chi connectivity index (χ3n) is 5.76. The Balaban J connectivity index is 1.60. The number of nitrogens with two attached hydrogens (primary N) is 1. The van der Waals surface area contributed by atoms with Crippen molar-refractivity contribution >= 4 is 11.8 Å². The maximum atomic E-state index is 12.8. The van der Waals surface area contributed by atoms with E-state index < -0.39 is 0 Å². The lowest BCUT2D eigenvalue weighted by Gasteiger charge is -2.40. The molecule has 2 saturated carbocycles. The zero-order chi connectivity index (χ0) is 14.1. The smallest absolute Gasteiger partial charge is 0.225 e. The van der Waals surface area contributed by atoms with Crippen molar-refractivity contribution in [2.24, 2.45) is 23.5 Å². The Bertz CT molecular complexity index is 388. The molecule has 2 atom stereocenters. The molecule has 0 aromatic heterocycles. The van der Waals surface area contributed by atoms with E-state index in [-0.39, 0.29) is 17.7 Å². The van der Waals surface area contributed by atoms with Crippen LogP contribution in [0.25, 0.3) is 0 Å². The van der Waals surface area contributed by atoms with Crippen molar-refractivity contribution in [2.75, 3.05) is 6.54 Å². The van der Waals surface area contributed by atoms with Gasteiger partial charge in [0.25, 0.3) is 0 Å². The van der Waals surface area contributed by atoms with E-state index in [2.05, 4.69) is 4.90 Å². The Hall–Kier alpha value is -1.06. The number of hydrogen-bond donors (Lipinski definition) is 1. The molecule has 1 aliphatic heterocycles. The van der Waals surface area contributed by atoms with Gasteiger partial charge < -0.3 is 10.6 Å². The number of likely N-dealkylation sites (tertiary alicyclic amines) is 1. The summed E-state index contributed by atoms with van der Waals surface area (Å²) in [5, 5.41) is 0. The Morgan fingerprint density at radius 1 is 0.850 bits per heavy atom. The van der Waals surface area contributed by atoms with Crippen molar-refractivity contribution in [3.8, 4) is 0 Å². The summed E-state index contributed by atoms with van der Waals surface area (Å²) in [4.78, 5) is 26.2. The van der Waals surface area contributed by atoms with E-state index in [1.807, 2.05) is 0 Å². The maximum Gasteiger partial charge on any atom is 0.225 e. The topological polar surface area (TPSA) is 63.4 Å². The number of carbonyl (C=O) groups excluding carboxylic acids is 2. The lowest BCUT2D eigenvalue weighted by molar-refractivity contribution is -0.142. The molecule has 2 N–H and O–H groups in total. The molecule has 4 heteroatoms. The number of amides is 2. The highest BCUT2D eigenvalue weighted by Crippen LogP contribution is 2.39. The number of carbonyl (C=O) groups is 2. The number of piperidine rings is 1. The van der Waals surface area contributed by atoms with Crippen LogP contribution in [0.2, 0.25) is 0 Å². The molecule has 0 aromatic carbocycles. The lowest BCUT2D eigenvalue weighted by atomic mass is 9.80. The van der Waals surface area contributed by atoms with E-state index in [0.717, 1.165) is 38.1 Å². The molecule has 0 bridgehead atoms. The van der Waals surface area contributed by atoms with Crippen molar-refractivity contribution in [3.63, 3.8) is 0 Å². The average Bonchev–Trinajstić information content (AvgIpc) is 2.95. The van der Waals surface area contributed by atoms with E-state index in [1.165, 1.54) is 32.1 Å². The quantitative estimate of drug-likeness (QED) is 0.840. The summed E-state index contributed by atoms with van der Waals surface area (Å²) in [5.41, 5.74) is 5.37. The third kappa shape index (κ3) is 2.57. The van der Waals surface area contributed by atoms with E-state index in [1.54, 1.807) is 0 Å². The van der Waals surface area contributed by atoms with Gasteiger partial charge in [-0.25, -0.2) is 0 Å². The summed E-state index contributed by atoms with van der Waals surface area (Å²) >= 11 is 0. The van der Waals surface area contributed by atoms with Crippen LogP contribution < -0.4 is 5.73 Å². The van der Waals surface area contributed by atoms with Crippen LogP contribution in [0.1, 0.15) is 57.8 Å². The van der Waals surface area contributed by atoms with Gasteiger partial charge in [-0.2, -0.15) is 0 Å². The molecule has 0 radical (unpaired) electrons. The number of hydrogen-bond acceptors (Lipinski definition) is 2. The van der Waals surface area contributed by atoms with Gasteiger partial charge in [0, 0.05) is 24.4 Å². The van der Waals surface area contributed by atoms with Gasteiger partial charge in [0.1, 0.15) is 0 Å². The summed E-state index contributed by atoms with van der Waals surface area (Å²) in [5.74, 6) is 1.08. The van der Waals surface area contributed by atoms with Gasteiger partial charge in [0.05, 0.1) is 0 Å². The first-order chi connectivity index (χ1) is 9.66. The normalized spacial score (nSPS) is 37.5. The molecule has 1 heterocycles. The molecule has 2 aliphatic carbocycles. The molecule has 2 amide bonds. The predicted molar refractivity (Wildman–Crippen MR) is 76.7 cm³/mol. The van der Waals surface area contributed by atoms with Gasteiger partial charge in [0.15, 0.2) is 0 Å². The van der Waals surface area contributed by atoms with Crippen LogP contribution >= 0.6 is 0 Å². The van der Waals surface area contributed by atoms with Gasteiger partial charge in [0.2, 0.25) is 11.8 Å². The average molecular weight is 278 g/mol. The standard InChI is InChI=1S/C16H26N2O2/c17-15(19)12-6-8-13(9-7-12)16(20)18-10-2-4-11-3-1-5-14(11)18/h11-14H,1-10H2,(H2,17,19)/t11-,12?,13?,14-/m0/s1. The molecule has 0 unspecified atom stereocenters. The largest absolute Gasteiger partial charge is 0.369 e. The second kappa shape index (κ2) is 5.74. The monoisotopic (exact) mass is 278 g/mol. The van der Waals surface area contributed by atoms with Crippen LogP contribution in [0.5, 0.6) is 0 Å². The Morgan fingerprint density at radius 2 is 1.50 bits per heavy atom. The van der Waals surface area contributed by atoms with E-state index in [9.17, 15) is 9.59 Å². The van der Waals surface area contributed by atoms with Crippen molar-refractivity contribution in [2.45, 2.75) is 63.8 Å². The van der Waals surface area contributed by atoms with Gasteiger partial charge in [-0.3, -0.25) is 9.59 Å². The molecule has 3 fully saturated rings. The number of primary amides is 1. The first kappa shape index (κ1) is 13.9. The van der Waals surface area contributed by atoms with Crippen molar-refractivity contribution in [1.29, 1.82) is 0 Å². The Kier molecular flexibility index (Phi) is 3.99. The lowest BCUT2D eigenvalue weighted by Crippen LogP contribution is -2.49. The van der Waals surface area contributed by atoms with Gasteiger partial charge in [-0.05, 0) is 57.3 Å². The Morgan fingerprint density at radius 3 is 2.20 bits per heavy atom. The molecular weight excluding hydrogens is 252 g/mol. The number of fused-ring (bicyclic) bond motifs is 1. The van der Waals surface area contributed by atoms with Crippen molar-refractivity contribution in [3.05, 3.63) is 0 Å². The third-order valence-corrected chi connectivity index (χ3v) is 5.76. The SMILES string of the molecule is NC(=O)C1CCC(C(=O)N2CCC[C@@H]3CCC[C@@H]32)CC1. The molecule has 4 nitrogen and oxygen atoms in total. The van der Waals surface area contributed by atoms with Crippen LogP contribution in [-0.2, 0) is 9.59 Å². The van der Waals surface area contributed by atoms with Crippen LogP contribution in [0.15, 0.2) is 0 Å². The first-order valence-electron chi connectivity index (χ1n) is 8.26. The molecule has 1 saturated heterocycles. The molecule has 0 spiro atoms. The van der Waals surface area contributed by atoms with E-state index in [4.69, 9.17) is 5.73 Å². The van der Waals surface area contributed by atoms with Gasteiger partial charge in [-0.15, -0.1) is 0 Å². The van der Waals surface area contributed by atoms with Gasteiger partial charge in [-0.1, -0.05) is 6.42 Å². The maximum absolute atomic E-state index is 12.8. The van der Waals surface area contributed by atoms with Crippen LogP contribution in [0.4, 0.5) is 0 Å². The zero-order valence-corrected chi connectivity index (χ0v) is 12.2. The van der Waals surface area contributed by atoms with Gasteiger partial charge >= 0.3 is 0 Å². The minimum atomic E-state index is -0.190. The highest BCUT2D eigenvalue weighted by Gasteiger charge is 2.40. The molecule has 20 heavy (non-hydrogen) atoms. The second-order valence-electron chi connectivity index (χ2n) is 6.88. The summed E-state index contributed by atoms with van der Waals surface area (Å²) in [7, 11) is 0. The van der Waals surface area contributed by atoms with Crippen LogP contribution in [0.3, 0.4) is 0 Å². The fourth-order valence-electron chi connectivity index (χ4n) is 4.59. The molecule has 0 aromatic rings.